The average molecular weight is 276 g/mol. The minimum Gasteiger partial charge on any atom is -0.488 e. The van der Waals surface area contributed by atoms with Crippen LogP contribution in [0.15, 0.2) is 24.3 Å². The van der Waals surface area contributed by atoms with E-state index in [1.165, 1.54) is 5.56 Å². The Morgan fingerprint density at radius 1 is 0.800 bits per heavy atom. The van der Waals surface area contributed by atoms with Crippen molar-refractivity contribution in [2.75, 3.05) is 0 Å². The highest BCUT2D eigenvalue weighted by atomic mass is 16.5. The summed E-state index contributed by atoms with van der Waals surface area (Å²) in [5.41, 5.74) is 1.65. The fourth-order valence-corrected chi connectivity index (χ4v) is 3.41. The van der Waals surface area contributed by atoms with E-state index in [0.717, 1.165) is 5.75 Å². The normalized spacial score (nSPS) is 13.7. The first-order valence-electron chi connectivity index (χ1n) is 7.60. The summed E-state index contributed by atoms with van der Waals surface area (Å²) in [6.07, 6.45) is 0. The van der Waals surface area contributed by atoms with Crippen LogP contribution in [0.1, 0.15) is 73.8 Å². The number of hydrogen-bond acceptors (Lipinski definition) is 1. The second-order valence-corrected chi connectivity index (χ2v) is 8.95. The Labute approximate surface area is 125 Å². The molecule has 0 radical (unpaired) electrons. The molecule has 0 amide bonds. The smallest absolute Gasteiger partial charge is 0.120 e. The summed E-state index contributed by atoms with van der Waals surface area (Å²) in [6.45, 7) is 20.2. The molecular formula is C19H32O. The monoisotopic (exact) mass is 276 g/mol. The molecule has 0 saturated carbocycles. The van der Waals surface area contributed by atoms with Crippen molar-refractivity contribution in [2.45, 2.75) is 73.8 Å². The Bertz CT molecular complexity index is 424. The van der Waals surface area contributed by atoms with Gasteiger partial charge in [0, 0.05) is 0 Å². The molecule has 0 aliphatic rings. The molecule has 114 valence electrons. The molecule has 20 heavy (non-hydrogen) atoms. The highest BCUT2D eigenvalue weighted by Gasteiger charge is 2.36. The molecule has 0 bridgehead atoms. The van der Waals surface area contributed by atoms with Gasteiger partial charge in [-0.3, -0.25) is 0 Å². The number of benzene rings is 1. The Morgan fingerprint density at radius 2 is 1.30 bits per heavy atom. The molecule has 1 heteroatoms. The summed E-state index contributed by atoms with van der Waals surface area (Å²) in [4.78, 5) is 0. The maximum Gasteiger partial charge on any atom is 0.120 e. The second kappa shape index (κ2) is 5.42. The van der Waals surface area contributed by atoms with E-state index in [-0.39, 0.29) is 16.4 Å². The average Bonchev–Trinajstić information content (AvgIpc) is 2.09. The molecule has 1 nitrogen and oxygen atoms in total. The van der Waals surface area contributed by atoms with E-state index in [1.807, 2.05) is 0 Å². The summed E-state index contributed by atoms with van der Waals surface area (Å²) in [6, 6.07) is 8.61. The molecule has 0 N–H and O–H groups in total. The van der Waals surface area contributed by atoms with Crippen molar-refractivity contribution in [3.05, 3.63) is 29.8 Å². The number of hydrogen-bond donors (Lipinski definition) is 0. The summed E-state index contributed by atoms with van der Waals surface area (Å²) < 4.78 is 6.02. The van der Waals surface area contributed by atoms with Crippen LogP contribution >= 0.6 is 0 Å². The summed E-state index contributed by atoms with van der Waals surface area (Å²) >= 11 is 0. The Hall–Kier alpha value is -0.980. The highest BCUT2D eigenvalue weighted by Crippen LogP contribution is 2.47. The zero-order valence-electron chi connectivity index (χ0n) is 14.8. The van der Waals surface area contributed by atoms with E-state index in [2.05, 4.69) is 86.6 Å². The number of ether oxygens (including phenoxy) is 1. The predicted octanol–water partition coefficient (Wildman–Crippen LogP) is 6.04. The highest BCUT2D eigenvalue weighted by molar-refractivity contribution is 5.33. The Kier molecular flexibility index (Phi) is 4.63. The zero-order chi connectivity index (χ0) is 15.8. The van der Waals surface area contributed by atoms with Crippen LogP contribution in [-0.4, -0.2) is 5.60 Å². The lowest BCUT2D eigenvalue weighted by molar-refractivity contribution is 0.130. The summed E-state index contributed by atoms with van der Waals surface area (Å²) in [7, 11) is 0. The van der Waals surface area contributed by atoms with Crippen LogP contribution in [0, 0.1) is 10.8 Å². The van der Waals surface area contributed by atoms with E-state index in [9.17, 15) is 0 Å². The fraction of sp³-hybridized carbons (Fsp3) is 0.684. The number of rotatable bonds is 2. The lowest BCUT2D eigenvalue weighted by atomic mass is 9.64. The van der Waals surface area contributed by atoms with Crippen LogP contribution in [0.3, 0.4) is 0 Å². The van der Waals surface area contributed by atoms with Crippen molar-refractivity contribution in [3.8, 4) is 5.75 Å². The lowest BCUT2D eigenvalue weighted by Crippen LogP contribution is -2.30. The van der Waals surface area contributed by atoms with Gasteiger partial charge in [-0.1, -0.05) is 53.7 Å². The first-order chi connectivity index (χ1) is 8.81. The predicted molar refractivity (Wildman–Crippen MR) is 88.5 cm³/mol. The van der Waals surface area contributed by atoms with Crippen LogP contribution in [-0.2, 0) is 0 Å². The molecule has 0 fully saturated rings. The van der Waals surface area contributed by atoms with Crippen LogP contribution in [0.5, 0.6) is 5.75 Å². The van der Waals surface area contributed by atoms with E-state index >= 15 is 0 Å². The van der Waals surface area contributed by atoms with Crippen molar-refractivity contribution in [1.82, 2.24) is 0 Å². The van der Waals surface area contributed by atoms with Crippen molar-refractivity contribution >= 4 is 0 Å². The first-order valence-corrected chi connectivity index (χ1v) is 7.60. The van der Waals surface area contributed by atoms with Crippen LogP contribution in [0.2, 0.25) is 0 Å². The molecule has 1 aromatic carbocycles. The third kappa shape index (κ3) is 4.85. The second-order valence-electron chi connectivity index (χ2n) is 8.95. The molecular weight excluding hydrogens is 244 g/mol. The largest absolute Gasteiger partial charge is 0.488 e. The molecule has 1 aromatic rings. The first kappa shape index (κ1) is 17.1. The molecule has 0 aliphatic carbocycles. The molecule has 0 saturated heterocycles. The standard InChI is InChI=1S/C19H32O/c1-17(2,3)16(18(4,5)6)14-11-10-12-15(13-14)20-19(7,8)9/h10-13,16H,1-9H3. The maximum absolute atomic E-state index is 6.02. The van der Waals surface area contributed by atoms with E-state index in [0.29, 0.717) is 5.92 Å². The minimum absolute atomic E-state index is 0.155. The molecule has 0 unspecified atom stereocenters. The molecule has 1 rings (SSSR count). The van der Waals surface area contributed by atoms with Gasteiger partial charge in [0.15, 0.2) is 0 Å². The van der Waals surface area contributed by atoms with Gasteiger partial charge in [-0.2, -0.15) is 0 Å². The van der Waals surface area contributed by atoms with Gasteiger partial charge in [0.1, 0.15) is 11.4 Å². The molecule has 0 spiro atoms. The van der Waals surface area contributed by atoms with Gasteiger partial charge in [0.2, 0.25) is 0 Å². The van der Waals surface area contributed by atoms with E-state index in [1.54, 1.807) is 0 Å². The fourth-order valence-electron chi connectivity index (χ4n) is 3.41. The van der Waals surface area contributed by atoms with Gasteiger partial charge in [-0.15, -0.1) is 0 Å². The van der Waals surface area contributed by atoms with Gasteiger partial charge >= 0.3 is 0 Å². The topological polar surface area (TPSA) is 9.23 Å². The molecule has 0 atom stereocenters. The molecule has 0 aliphatic heterocycles. The summed E-state index contributed by atoms with van der Waals surface area (Å²) in [5, 5.41) is 0. The third-order valence-electron chi connectivity index (χ3n) is 3.35. The Morgan fingerprint density at radius 3 is 1.70 bits per heavy atom. The summed E-state index contributed by atoms with van der Waals surface area (Å²) in [5.74, 6) is 1.45. The quantitative estimate of drug-likeness (QED) is 0.640. The lowest BCUT2D eigenvalue weighted by Gasteiger charge is -2.41. The van der Waals surface area contributed by atoms with Gasteiger partial charge in [-0.25, -0.2) is 0 Å². The van der Waals surface area contributed by atoms with Gasteiger partial charge in [0.25, 0.3) is 0 Å². The van der Waals surface area contributed by atoms with Crippen LogP contribution in [0.4, 0.5) is 0 Å². The van der Waals surface area contributed by atoms with Crippen LogP contribution < -0.4 is 4.74 Å². The zero-order valence-corrected chi connectivity index (χ0v) is 14.8. The van der Waals surface area contributed by atoms with Crippen molar-refractivity contribution < 1.29 is 4.74 Å². The van der Waals surface area contributed by atoms with Gasteiger partial charge < -0.3 is 4.74 Å². The Balaban J connectivity index is 3.20. The van der Waals surface area contributed by atoms with E-state index < -0.39 is 0 Å². The van der Waals surface area contributed by atoms with E-state index in [4.69, 9.17) is 4.74 Å². The molecule has 0 heterocycles. The van der Waals surface area contributed by atoms with Gasteiger partial charge in [0.05, 0.1) is 0 Å². The molecule has 0 aromatic heterocycles. The van der Waals surface area contributed by atoms with Crippen LogP contribution in [0.25, 0.3) is 0 Å². The third-order valence-corrected chi connectivity index (χ3v) is 3.35. The maximum atomic E-state index is 6.02. The van der Waals surface area contributed by atoms with Gasteiger partial charge in [-0.05, 0) is 55.2 Å². The van der Waals surface area contributed by atoms with Crippen molar-refractivity contribution in [3.63, 3.8) is 0 Å². The minimum atomic E-state index is -0.155. The SMILES string of the molecule is CC(C)(C)Oc1cccc(C(C(C)(C)C)C(C)(C)C)c1. The van der Waals surface area contributed by atoms with Crippen molar-refractivity contribution in [1.29, 1.82) is 0 Å². The van der Waals surface area contributed by atoms with Crippen molar-refractivity contribution in [2.24, 2.45) is 10.8 Å².